The summed E-state index contributed by atoms with van der Waals surface area (Å²) in [5.41, 5.74) is 2.82. The standard InChI is InChI=1S/C23H37N7/c1-5-6-13-24-23(25-16-22-28-27-19(3)29(22)4)26-21-11-14-30(15-12-21)17-20-10-8-7-9-18(20)2/h7-10,21H,5-6,11-17H2,1-4H3,(H2,24,25,26). The number of aliphatic imine (C=N–C) groups is 1. The van der Waals surface area contributed by atoms with Gasteiger partial charge in [0.25, 0.3) is 0 Å². The number of hydrogen-bond donors (Lipinski definition) is 2. The lowest BCUT2D eigenvalue weighted by Gasteiger charge is -2.33. The average molecular weight is 412 g/mol. The molecule has 1 aliphatic heterocycles. The van der Waals surface area contributed by atoms with Gasteiger partial charge in [0.1, 0.15) is 12.4 Å². The summed E-state index contributed by atoms with van der Waals surface area (Å²) in [6.07, 6.45) is 4.56. The molecular weight excluding hydrogens is 374 g/mol. The molecule has 0 unspecified atom stereocenters. The Labute approximate surface area is 181 Å². The molecule has 2 N–H and O–H groups in total. The topological polar surface area (TPSA) is 70.4 Å². The number of benzene rings is 1. The molecule has 0 atom stereocenters. The van der Waals surface area contributed by atoms with E-state index in [-0.39, 0.29) is 0 Å². The van der Waals surface area contributed by atoms with Crippen LogP contribution in [0.1, 0.15) is 55.4 Å². The summed E-state index contributed by atoms with van der Waals surface area (Å²) >= 11 is 0. The van der Waals surface area contributed by atoms with Crippen molar-refractivity contribution in [2.75, 3.05) is 19.6 Å². The molecule has 7 nitrogen and oxygen atoms in total. The van der Waals surface area contributed by atoms with Gasteiger partial charge >= 0.3 is 0 Å². The Bertz CT molecular complexity index is 819. The van der Waals surface area contributed by atoms with Gasteiger partial charge in [-0.3, -0.25) is 4.90 Å². The molecule has 0 saturated carbocycles. The van der Waals surface area contributed by atoms with E-state index in [2.05, 4.69) is 63.8 Å². The van der Waals surface area contributed by atoms with Gasteiger partial charge in [-0.25, -0.2) is 4.99 Å². The number of likely N-dealkylation sites (tertiary alicyclic amines) is 1. The first-order valence-electron chi connectivity index (χ1n) is 11.2. The third-order valence-electron chi connectivity index (χ3n) is 5.97. The minimum absolute atomic E-state index is 0.451. The van der Waals surface area contributed by atoms with Crippen molar-refractivity contribution >= 4 is 5.96 Å². The van der Waals surface area contributed by atoms with Gasteiger partial charge in [0.05, 0.1) is 0 Å². The van der Waals surface area contributed by atoms with Gasteiger partial charge in [-0.1, -0.05) is 37.6 Å². The molecule has 0 amide bonds. The van der Waals surface area contributed by atoms with Crippen LogP contribution in [0.4, 0.5) is 0 Å². The number of hydrogen-bond acceptors (Lipinski definition) is 4. The largest absolute Gasteiger partial charge is 0.356 e. The lowest BCUT2D eigenvalue weighted by molar-refractivity contribution is 0.198. The fraction of sp³-hybridized carbons (Fsp3) is 0.609. The van der Waals surface area contributed by atoms with Gasteiger partial charge in [-0.15, -0.1) is 10.2 Å². The van der Waals surface area contributed by atoms with E-state index in [4.69, 9.17) is 4.99 Å². The third-order valence-corrected chi connectivity index (χ3v) is 5.97. The first-order valence-corrected chi connectivity index (χ1v) is 11.2. The Balaban J connectivity index is 1.53. The fourth-order valence-corrected chi connectivity index (χ4v) is 3.73. The fourth-order valence-electron chi connectivity index (χ4n) is 3.73. The number of guanidine groups is 1. The second-order valence-corrected chi connectivity index (χ2v) is 8.29. The zero-order valence-electron chi connectivity index (χ0n) is 19.0. The van der Waals surface area contributed by atoms with Crippen LogP contribution in [0, 0.1) is 13.8 Å². The van der Waals surface area contributed by atoms with E-state index >= 15 is 0 Å². The summed E-state index contributed by atoms with van der Waals surface area (Å²) in [5, 5.41) is 15.5. The van der Waals surface area contributed by atoms with E-state index in [9.17, 15) is 0 Å². The van der Waals surface area contributed by atoms with E-state index in [0.717, 1.165) is 63.0 Å². The molecule has 7 heteroatoms. The van der Waals surface area contributed by atoms with Crippen molar-refractivity contribution in [1.82, 2.24) is 30.3 Å². The van der Waals surface area contributed by atoms with E-state index in [0.29, 0.717) is 12.6 Å². The van der Waals surface area contributed by atoms with Crippen molar-refractivity contribution in [2.24, 2.45) is 12.0 Å². The Morgan fingerprint density at radius 1 is 1.17 bits per heavy atom. The Morgan fingerprint density at radius 3 is 2.60 bits per heavy atom. The van der Waals surface area contributed by atoms with Crippen LogP contribution in [-0.4, -0.2) is 51.3 Å². The maximum absolute atomic E-state index is 4.79. The number of nitrogens with one attached hydrogen (secondary N) is 2. The summed E-state index contributed by atoms with van der Waals surface area (Å²) < 4.78 is 2.00. The second-order valence-electron chi connectivity index (χ2n) is 8.29. The summed E-state index contributed by atoms with van der Waals surface area (Å²) in [6.45, 7) is 11.1. The molecule has 164 valence electrons. The minimum atomic E-state index is 0.451. The molecule has 1 aromatic heterocycles. The highest BCUT2D eigenvalue weighted by atomic mass is 15.3. The molecule has 0 bridgehead atoms. The molecule has 1 saturated heterocycles. The third kappa shape index (κ3) is 6.29. The Morgan fingerprint density at radius 2 is 1.93 bits per heavy atom. The zero-order chi connectivity index (χ0) is 21.3. The minimum Gasteiger partial charge on any atom is -0.356 e. The van der Waals surface area contributed by atoms with Crippen LogP contribution in [-0.2, 0) is 20.1 Å². The molecular formula is C23H37N7. The molecule has 1 aromatic carbocycles. The highest BCUT2D eigenvalue weighted by Crippen LogP contribution is 2.16. The molecule has 3 rings (SSSR count). The van der Waals surface area contributed by atoms with Gasteiger partial charge in [0.15, 0.2) is 11.8 Å². The van der Waals surface area contributed by atoms with Crippen molar-refractivity contribution in [3.8, 4) is 0 Å². The molecule has 1 fully saturated rings. The van der Waals surface area contributed by atoms with Gasteiger partial charge in [-0.2, -0.15) is 0 Å². The molecule has 2 aromatic rings. The number of piperidine rings is 1. The normalized spacial score (nSPS) is 16.1. The Kier molecular flexibility index (Phi) is 8.25. The predicted molar refractivity (Wildman–Crippen MR) is 122 cm³/mol. The van der Waals surface area contributed by atoms with Crippen molar-refractivity contribution in [2.45, 2.75) is 65.6 Å². The number of unbranched alkanes of at least 4 members (excludes halogenated alkanes) is 1. The van der Waals surface area contributed by atoms with Crippen LogP contribution in [0.5, 0.6) is 0 Å². The number of rotatable bonds is 8. The quantitative estimate of drug-likeness (QED) is 0.397. The second kappa shape index (κ2) is 11.1. The summed E-state index contributed by atoms with van der Waals surface area (Å²) in [7, 11) is 1.99. The first kappa shape index (κ1) is 22.3. The maximum Gasteiger partial charge on any atom is 0.191 e. The lowest BCUT2D eigenvalue weighted by atomic mass is 10.0. The van der Waals surface area contributed by atoms with Crippen LogP contribution in [0.2, 0.25) is 0 Å². The zero-order valence-corrected chi connectivity index (χ0v) is 19.0. The highest BCUT2D eigenvalue weighted by molar-refractivity contribution is 5.80. The van der Waals surface area contributed by atoms with Crippen LogP contribution in [0.3, 0.4) is 0 Å². The van der Waals surface area contributed by atoms with E-state index in [1.807, 2.05) is 18.5 Å². The van der Waals surface area contributed by atoms with Crippen molar-refractivity contribution < 1.29 is 0 Å². The Hall–Kier alpha value is -2.41. The molecule has 0 aliphatic carbocycles. The van der Waals surface area contributed by atoms with Gasteiger partial charge in [0.2, 0.25) is 0 Å². The van der Waals surface area contributed by atoms with Crippen molar-refractivity contribution in [1.29, 1.82) is 0 Å². The van der Waals surface area contributed by atoms with Gasteiger partial charge < -0.3 is 15.2 Å². The summed E-state index contributed by atoms with van der Waals surface area (Å²) in [4.78, 5) is 7.35. The maximum atomic E-state index is 4.79. The molecule has 0 spiro atoms. The highest BCUT2D eigenvalue weighted by Gasteiger charge is 2.20. The van der Waals surface area contributed by atoms with Crippen molar-refractivity contribution in [3.63, 3.8) is 0 Å². The van der Waals surface area contributed by atoms with Crippen LogP contribution < -0.4 is 10.6 Å². The van der Waals surface area contributed by atoms with Crippen molar-refractivity contribution in [3.05, 3.63) is 47.0 Å². The lowest BCUT2D eigenvalue weighted by Crippen LogP contribution is -2.48. The van der Waals surface area contributed by atoms with E-state index in [1.165, 1.54) is 17.5 Å². The van der Waals surface area contributed by atoms with Crippen LogP contribution in [0.15, 0.2) is 29.3 Å². The number of aromatic nitrogens is 3. The van der Waals surface area contributed by atoms with Gasteiger partial charge in [-0.05, 0) is 44.2 Å². The number of aryl methyl sites for hydroxylation is 2. The average Bonchev–Trinajstić information content (AvgIpc) is 3.07. The smallest absolute Gasteiger partial charge is 0.191 e. The predicted octanol–water partition coefficient (Wildman–Crippen LogP) is 2.93. The molecule has 2 heterocycles. The number of nitrogens with zero attached hydrogens (tertiary/aromatic N) is 5. The molecule has 1 aliphatic rings. The van der Waals surface area contributed by atoms with Gasteiger partial charge in [0, 0.05) is 39.3 Å². The van der Waals surface area contributed by atoms with Crippen LogP contribution >= 0.6 is 0 Å². The molecule has 30 heavy (non-hydrogen) atoms. The molecule has 0 radical (unpaired) electrons. The van der Waals surface area contributed by atoms with E-state index in [1.54, 1.807) is 0 Å². The van der Waals surface area contributed by atoms with E-state index < -0.39 is 0 Å². The SMILES string of the molecule is CCCCNC(=NCc1nnc(C)n1C)NC1CCN(Cc2ccccc2C)CC1. The summed E-state index contributed by atoms with van der Waals surface area (Å²) in [5.74, 6) is 2.69. The summed E-state index contributed by atoms with van der Waals surface area (Å²) in [6, 6.07) is 9.15. The first-order chi connectivity index (χ1) is 14.6. The monoisotopic (exact) mass is 411 g/mol. The van der Waals surface area contributed by atoms with Crippen LogP contribution in [0.25, 0.3) is 0 Å².